The van der Waals surface area contributed by atoms with Gasteiger partial charge in [0.1, 0.15) is 0 Å². The smallest absolute Gasteiger partial charge is 0.257 e. The molecule has 24 heavy (non-hydrogen) atoms. The molecule has 1 aliphatic heterocycles. The second-order valence-electron chi connectivity index (χ2n) is 6.18. The summed E-state index contributed by atoms with van der Waals surface area (Å²) in [6, 6.07) is 5.85. The van der Waals surface area contributed by atoms with Crippen LogP contribution in [0, 0.1) is 0 Å². The molecule has 1 N–H and O–H groups in total. The van der Waals surface area contributed by atoms with Gasteiger partial charge in [-0.15, -0.1) is 0 Å². The number of piperidine rings is 1. The van der Waals surface area contributed by atoms with E-state index in [1.54, 1.807) is 19.4 Å². The first-order valence-corrected chi connectivity index (χ1v) is 9.60. The second-order valence-corrected chi connectivity index (χ2v) is 7.84. The zero-order chi connectivity index (χ0) is 17.2. The third-order valence-corrected chi connectivity index (χ3v) is 6.23. The molecule has 0 bridgehead atoms. The summed E-state index contributed by atoms with van der Waals surface area (Å²) in [6.45, 7) is 3.90. The van der Waals surface area contributed by atoms with E-state index in [0.717, 1.165) is 25.9 Å². The van der Waals surface area contributed by atoms with Gasteiger partial charge in [-0.3, -0.25) is 14.6 Å². The maximum Gasteiger partial charge on any atom is 0.257 e. The van der Waals surface area contributed by atoms with Gasteiger partial charge in [-0.25, -0.2) is 13.1 Å². The molecule has 8 heteroatoms. The Morgan fingerprint density at radius 2 is 1.83 bits per heavy atom. The van der Waals surface area contributed by atoms with Gasteiger partial charge < -0.3 is 0 Å². The molecule has 3 heterocycles. The van der Waals surface area contributed by atoms with Crippen molar-refractivity contribution >= 4 is 10.0 Å². The van der Waals surface area contributed by atoms with E-state index in [2.05, 4.69) is 26.6 Å². The van der Waals surface area contributed by atoms with Crippen LogP contribution < -0.4 is 4.72 Å². The number of hydrogen-bond acceptors (Lipinski definition) is 5. The first-order chi connectivity index (χ1) is 11.5. The van der Waals surface area contributed by atoms with Crippen molar-refractivity contribution in [1.82, 2.24) is 24.4 Å². The van der Waals surface area contributed by atoms with Crippen LogP contribution in [0.2, 0.25) is 0 Å². The molecule has 0 aliphatic carbocycles. The predicted octanol–water partition coefficient (Wildman–Crippen LogP) is 1.32. The van der Waals surface area contributed by atoms with Crippen LogP contribution in [0.1, 0.15) is 31.4 Å². The first kappa shape index (κ1) is 17.1. The monoisotopic (exact) mass is 349 g/mol. The highest BCUT2D eigenvalue weighted by Crippen LogP contribution is 2.24. The van der Waals surface area contributed by atoms with Crippen molar-refractivity contribution in [3.63, 3.8) is 0 Å². The molecule has 1 atom stereocenters. The summed E-state index contributed by atoms with van der Waals surface area (Å²) in [4.78, 5) is 6.43. The van der Waals surface area contributed by atoms with Gasteiger partial charge in [0, 0.05) is 44.6 Å². The van der Waals surface area contributed by atoms with Crippen molar-refractivity contribution in [2.24, 2.45) is 7.05 Å². The minimum Gasteiger partial charge on any atom is -0.296 e. The summed E-state index contributed by atoms with van der Waals surface area (Å²) in [5, 5.41) is 4.13. The summed E-state index contributed by atoms with van der Waals surface area (Å²) >= 11 is 0. The molecule has 130 valence electrons. The van der Waals surface area contributed by atoms with Crippen molar-refractivity contribution in [3.05, 3.63) is 42.4 Å². The molecule has 0 saturated carbocycles. The third-order valence-electron chi connectivity index (χ3n) is 4.64. The SMILES string of the molecule is C[C@H](c1ccncc1)N1CCC(NS(=O)(=O)c2ccnn2C)CC1. The van der Waals surface area contributed by atoms with Crippen LogP contribution in [-0.2, 0) is 17.1 Å². The average Bonchev–Trinajstić information content (AvgIpc) is 3.02. The zero-order valence-electron chi connectivity index (χ0n) is 14.0. The fraction of sp³-hybridized carbons (Fsp3) is 0.500. The van der Waals surface area contributed by atoms with Crippen molar-refractivity contribution < 1.29 is 8.42 Å². The molecule has 2 aromatic heterocycles. The lowest BCUT2D eigenvalue weighted by Gasteiger charge is -2.36. The lowest BCUT2D eigenvalue weighted by molar-refractivity contribution is 0.159. The van der Waals surface area contributed by atoms with Crippen LogP contribution in [0.4, 0.5) is 0 Å². The standard InChI is InChI=1S/C16H23N5O2S/c1-13(14-3-8-17-9-4-14)21-11-6-15(7-12-21)19-24(22,23)16-5-10-18-20(16)2/h3-5,8-10,13,15,19H,6-7,11-12H2,1-2H3/t13-/m1/s1. The van der Waals surface area contributed by atoms with Gasteiger partial charge in [-0.2, -0.15) is 5.10 Å². The van der Waals surface area contributed by atoms with E-state index in [4.69, 9.17) is 0 Å². The van der Waals surface area contributed by atoms with E-state index in [1.165, 1.54) is 22.5 Å². The predicted molar refractivity (Wildman–Crippen MR) is 90.8 cm³/mol. The van der Waals surface area contributed by atoms with Gasteiger partial charge in [0.15, 0.2) is 5.03 Å². The van der Waals surface area contributed by atoms with Gasteiger partial charge in [0.05, 0.1) is 6.20 Å². The third kappa shape index (κ3) is 3.66. The van der Waals surface area contributed by atoms with E-state index in [-0.39, 0.29) is 11.1 Å². The van der Waals surface area contributed by atoms with Crippen LogP contribution in [0.5, 0.6) is 0 Å². The van der Waals surface area contributed by atoms with E-state index in [9.17, 15) is 8.42 Å². The largest absolute Gasteiger partial charge is 0.296 e. The summed E-state index contributed by atoms with van der Waals surface area (Å²) in [5.74, 6) is 0. The molecule has 0 unspecified atom stereocenters. The molecule has 1 fully saturated rings. The molecule has 3 rings (SSSR count). The van der Waals surface area contributed by atoms with Crippen molar-refractivity contribution in [1.29, 1.82) is 0 Å². The quantitative estimate of drug-likeness (QED) is 0.881. The van der Waals surface area contributed by atoms with Crippen LogP contribution in [0.15, 0.2) is 41.8 Å². The Balaban J connectivity index is 1.59. The van der Waals surface area contributed by atoms with Gasteiger partial charge >= 0.3 is 0 Å². The molecule has 0 aromatic carbocycles. The number of nitrogens with one attached hydrogen (secondary N) is 1. The van der Waals surface area contributed by atoms with Crippen LogP contribution in [-0.4, -0.2) is 47.2 Å². The summed E-state index contributed by atoms with van der Waals surface area (Å²) in [7, 11) is -1.88. The minimum absolute atomic E-state index is 0.0363. The molecular formula is C16H23N5O2S. The van der Waals surface area contributed by atoms with Crippen molar-refractivity contribution in [2.45, 2.75) is 36.9 Å². The summed E-state index contributed by atoms with van der Waals surface area (Å²) in [6.07, 6.45) is 6.70. The van der Waals surface area contributed by atoms with E-state index in [0.29, 0.717) is 6.04 Å². The number of hydrogen-bond donors (Lipinski definition) is 1. The zero-order valence-corrected chi connectivity index (χ0v) is 14.8. The van der Waals surface area contributed by atoms with Crippen LogP contribution >= 0.6 is 0 Å². The minimum atomic E-state index is -3.51. The summed E-state index contributed by atoms with van der Waals surface area (Å²) < 4.78 is 29.0. The molecule has 1 aliphatic rings. The Morgan fingerprint density at radius 3 is 2.42 bits per heavy atom. The fourth-order valence-electron chi connectivity index (χ4n) is 3.16. The summed E-state index contributed by atoms with van der Waals surface area (Å²) in [5.41, 5.74) is 1.24. The highest BCUT2D eigenvalue weighted by molar-refractivity contribution is 7.89. The van der Waals surface area contributed by atoms with E-state index < -0.39 is 10.0 Å². The Bertz CT molecular complexity index is 767. The molecule has 2 aromatic rings. The number of sulfonamides is 1. The van der Waals surface area contributed by atoms with Crippen LogP contribution in [0.25, 0.3) is 0 Å². The number of aromatic nitrogens is 3. The topological polar surface area (TPSA) is 80.1 Å². The second kappa shape index (κ2) is 7.00. The molecule has 7 nitrogen and oxygen atoms in total. The molecule has 1 saturated heterocycles. The number of aryl methyl sites for hydroxylation is 1. The van der Waals surface area contributed by atoms with Crippen molar-refractivity contribution in [2.75, 3.05) is 13.1 Å². The van der Waals surface area contributed by atoms with Gasteiger partial charge in [-0.1, -0.05) is 0 Å². The van der Waals surface area contributed by atoms with Crippen molar-refractivity contribution in [3.8, 4) is 0 Å². The number of rotatable bonds is 5. The van der Waals surface area contributed by atoms with E-state index in [1.807, 2.05) is 12.1 Å². The Kier molecular flexibility index (Phi) is 4.98. The average molecular weight is 349 g/mol. The highest BCUT2D eigenvalue weighted by Gasteiger charge is 2.28. The molecule has 0 spiro atoms. The lowest BCUT2D eigenvalue weighted by Crippen LogP contribution is -2.45. The molecule has 0 radical (unpaired) electrons. The molecule has 0 amide bonds. The normalized spacial score (nSPS) is 18.6. The number of pyridine rings is 1. The maximum atomic E-state index is 12.4. The maximum absolute atomic E-state index is 12.4. The van der Waals surface area contributed by atoms with Gasteiger partial charge in [0.2, 0.25) is 0 Å². The number of likely N-dealkylation sites (tertiary alicyclic amines) is 1. The van der Waals surface area contributed by atoms with Gasteiger partial charge in [0.25, 0.3) is 10.0 Å². The van der Waals surface area contributed by atoms with E-state index >= 15 is 0 Å². The first-order valence-electron chi connectivity index (χ1n) is 8.11. The van der Waals surface area contributed by atoms with Crippen LogP contribution in [0.3, 0.4) is 0 Å². The Hall–Kier alpha value is -1.77. The fourth-order valence-corrected chi connectivity index (χ4v) is 4.59. The molecular weight excluding hydrogens is 326 g/mol. The Morgan fingerprint density at radius 1 is 1.17 bits per heavy atom. The van der Waals surface area contributed by atoms with Gasteiger partial charge in [-0.05, 0) is 43.5 Å². The lowest BCUT2D eigenvalue weighted by atomic mass is 10.0. The highest BCUT2D eigenvalue weighted by atomic mass is 32.2. The Labute approximate surface area is 142 Å². The number of nitrogens with zero attached hydrogens (tertiary/aromatic N) is 4.